The summed E-state index contributed by atoms with van der Waals surface area (Å²) < 4.78 is 0. The van der Waals surface area contributed by atoms with E-state index >= 15 is 0 Å². The number of aryl methyl sites for hydroxylation is 1. The van der Waals surface area contributed by atoms with Crippen LogP contribution in [0.2, 0.25) is 0 Å². The molecule has 0 bridgehead atoms. The van der Waals surface area contributed by atoms with E-state index in [2.05, 4.69) is 22.4 Å². The fraction of sp³-hybridized carbons (Fsp3) is 0.500. The van der Waals surface area contributed by atoms with Crippen molar-refractivity contribution in [3.63, 3.8) is 0 Å². The third kappa shape index (κ3) is 2.41. The number of fused-ring (bicyclic) bond motifs is 1. The average Bonchev–Trinajstić information content (AvgIpc) is 2.47. The fourth-order valence-corrected chi connectivity index (χ4v) is 3.21. The van der Waals surface area contributed by atoms with E-state index in [4.69, 9.17) is 5.26 Å². The van der Waals surface area contributed by atoms with Gasteiger partial charge in [0.25, 0.3) is 0 Å². The average molecular weight is 253 g/mol. The molecule has 0 aromatic carbocycles. The molecule has 0 amide bonds. The SMILES string of the molecule is Cc1ncc(C2=CCC3CCCNC3C2)cc1C#N. The highest BCUT2D eigenvalue weighted by Gasteiger charge is 2.28. The number of rotatable bonds is 1. The molecule has 1 aromatic rings. The van der Waals surface area contributed by atoms with Gasteiger partial charge in [-0.1, -0.05) is 6.08 Å². The monoisotopic (exact) mass is 253 g/mol. The van der Waals surface area contributed by atoms with Crippen molar-refractivity contribution in [3.8, 4) is 6.07 Å². The summed E-state index contributed by atoms with van der Waals surface area (Å²) in [6.07, 6.45) is 9.13. The van der Waals surface area contributed by atoms with Gasteiger partial charge in [-0.05, 0) is 62.3 Å². The standard InChI is InChI=1S/C16H19N3/c1-11-14(9-17)7-15(10-19-11)13-5-4-12-3-2-6-18-16(12)8-13/h5,7,10,12,16,18H,2-4,6,8H2,1H3. The molecular formula is C16H19N3. The van der Waals surface area contributed by atoms with Crippen molar-refractivity contribution in [1.29, 1.82) is 5.26 Å². The van der Waals surface area contributed by atoms with Gasteiger partial charge >= 0.3 is 0 Å². The smallest absolute Gasteiger partial charge is 0.101 e. The predicted molar refractivity (Wildman–Crippen MR) is 75.4 cm³/mol. The van der Waals surface area contributed by atoms with Crippen LogP contribution in [0.3, 0.4) is 0 Å². The molecular weight excluding hydrogens is 234 g/mol. The van der Waals surface area contributed by atoms with Crippen LogP contribution in [0, 0.1) is 24.2 Å². The first-order valence-electron chi connectivity index (χ1n) is 7.07. The summed E-state index contributed by atoms with van der Waals surface area (Å²) in [5.41, 5.74) is 3.97. The van der Waals surface area contributed by atoms with E-state index in [1.807, 2.05) is 19.2 Å². The number of aromatic nitrogens is 1. The van der Waals surface area contributed by atoms with Crippen molar-refractivity contribution in [1.82, 2.24) is 10.3 Å². The first-order chi connectivity index (χ1) is 9.28. The number of nitriles is 1. The maximum Gasteiger partial charge on any atom is 0.101 e. The van der Waals surface area contributed by atoms with E-state index in [0.717, 1.165) is 36.6 Å². The van der Waals surface area contributed by atoms with Crippen molar-refractivity contribution in [2.24, 2.45) is 5.92 Å². The second kappa shape index (κ2) is 5.14. The second-order valence-electron chi connectivity index (χ2n) is 5.60. The molecule has 2 aliphatic rings. The Morgan fingerprint density at radius 2 is 2.37 bits per heavy atom. The maximum absolute atomic E-state index is 9.11. The topological polar surface area (TPSA) is 48.7 Å². The van der Waals surface area contributed by atoms with Crippen molar-refractivity contribution >= 4 is 5.57 Å². The molecule has 1 aromatic heterocycles. The summed E-state index contributed by atoms with van der Waals surface area (Å²) in [6, 6.07) is 4.82. The predicted octanol–water partition coefficient (Wildman–Crippen LogP) is 2.81. The molecule has 0 radical (unpaired) electrons. The van der Waals surface area contributed by atoms with E-state index in [-0.39, 0.29) is 0 Å². The molecule has 1 aliphatic heterocycles. The highest BCUT2D eigenvalue weighted by Crippen LogP contribution is 2.34. The first kappa shape index (κ1) is 12.4. The molecule has 1 fully saturated rings. The van der Waals surface area contributed by atoms with Gasteiger partial charge in [0.05, 0.1) is 11.3 Å². The Hall–Kier alpha value is -1.66. The Kier molecular flexibility index (Phi) is 3.35. The number of nitrogens with zero attached hydrogens (tertiary/aromatic N) is 2. The maximum atomic E-state index is 9.11. The van der Waals surface area contributed by atoms with Crippen molar-refractivity contribution < 1.29 is 0 Å². The number of allylic oxidation sites excluding steroid dienone is 1. The van der Waals surface area contributed by atoms with Crippen LogP contribution in [0.1, 0.15) is 42.5 Å². The van der Waals surface area contributed by atoms with E-state index in [9.17, 15) is 0 Å². The Morgan fingerprint density at radius 3 is 3.21 bits per heavy atom. The van der Waals surface area contributed by atoms with Gasteiger partial charge in [0.1, 0.15) is 6.07 Å². The Morgan fingerprint density at radius 1 is 1.47 bits per heavy atom. The largest absolute Gasteiger partial charge is 0.313 e. The van der Waals surface area contributed by atoms with E-state index in [1.165, 1.54) is 18.4 Å². The van der Waals surface area contributed by atoms with Crippen LogP contribution in [-0.2, 0) is 0 Å². The van der Waals surface area contributed by atoms with Crippen LogP contribution in [0.25, 0.3) is 5.57 Å². The van der Waals surface area contributed by atoms with Crippen LogP contribution in [0.15, 0.2) is 18.3 Å². The van der Waals surface area contributed by atoms with Gasteiger partial charge in [-0.2, -0.15) is 5.26 Å². The molecule has 2 atom stereocenters. The lowest BCUT2D eigenvalue weighted by atomic mass is 9.78. The number of hydrogen-bond donors (Lipinski definition) is 1. The van der Waals surface area contributed by atoms with E-state index in [1.54, 1.807) is 0 Å². The first-order valence-corrected chi connectivity index (χ1v) is 7.07. The normalized spacial score (nSPS) is 26.2. The number of nitrogens with one attached hydrogen (secondary N) is 1. The van der Waals surface area contributed by atoms with Gasteiger partial charge in [0.15, 0.2) is 0 Å². The molecule has 0 spiro atoms. The summed E-state index contributed by atoms with van der Waals surface area (Å²) in [4.78, 5) is 4.35. The molecule has 2 heterocycles. The molecule has 1 aliphatic carbocycles. The molecule has 0 saturated carbocycles. The van der Waals surface area contributed by atoms with Crippen LogP contribution in [-0.4, -0.2) is 17.6 Å². The molecule has 3 heteroatoms. The fourth-order valence-electron chi connectivity index (χ4n) is 3.21. The zero-order chi connectivity index (χ0) is 13.2. The lowest BCUT2D eigenvalue weighted by molar-refractivity contribution is 0.278. The van der Waals surface area contributed by atoms with Gasteiger partial charge in [-0.25, -0.2) is 0 Å². The van der Waals surface area contributed by atoms with Gasteiger partial charge in [-0.15, -0.1) is 0 Å². The minimum Gasteiger partial charge on any atom is -0.313 e. The number of pyridine rings is 1. The summed E-state index contributed by atoms with van der Waals surface area (Å²) in [5, 5.41) is 12.7. The summed E-state index contributed by atoms with van der Waals surface area (Å²) in [5.74, 6) is 0.798. The molecule has 1 saturated heterocycles. The minimum atomic E-state index is 0.612. The van der Waals surface area contributed by atoms with Crippen LogP contribution in [0.5, 0.6) is 0 Å². The Balaban J connectivity index is 1.86. The zero-order valence-electron chi connectivity index (χ0n) is 11.3. The summed E-state index contributed by atoms with van der Waals surface area (Å²) in [6.45, 7) is 3.03. The number of piperidine rings is 1. The third-order valence-electron chi connectivity index (χ3n) is 4.41. The van der Waals surface area contributed by atoms with Crippen molar-refractivity contribution in [3.05, 3.63) is 35.2 Å². The lowest BCUT2D eigenvalue weighted by Crippen LogP contribution is -2.42. The minimum absolute atomic E-state index is 0.612. The molecule has 3 rings (SSSR count). The highest BCUT2D eigenvalue weighted by molar-refractivity contribution is 5.67. The molecule has 1 N–H and O–H groups in total. The van der Waals surface area contributed by atoms with Gasteiger partial charge in [0, 0.05) is 12.2 Å². The van der Waals surface area contributed by atoms with Gasteiger partial charge in [0.2, 0.25) is 0 Å². The summed E-state index contributed by atoms with van der Waals surface area (Å²) in [7, 11) is 0. The molecule has 98 valence electrons. The zero-order valence-corrected chi connectivity index (χ0v) is 11.3. The van der Waals surface area contributed by atoms with Crippen molar-refractivity contribution in [2.45, 2.75) is 38.6 Å². The lowest BCUT2D eigenvalue weighted by Gasteiger charge is -2.36. The van der Waals surface area contributed by atoms with E-state index < -0.39 is 0 Å². The quantitative estimate of drug-likeness (QED) is 0.837. The Bertz CT molecular complexity index is 554. The van der Waals surface area contributed by atoms with Crippen LogP contribution < -0.4 is 5.32 Å². The van der Waals surface area contributed by atoms with Gasteiger partial charge < -0.3 is 5.32 Å². The molecule has 2 unspecified atom stereocenters. The number of hydrogen-bond acceptors (Lipinski definition) is 3. The molecule has 19 heavy (non-hydrogen) atoms. The Labute approximate surface area is 114 Å². The van der Waals surface area contributed by atoms with Crippen LogP contribution in [0.4, 0.5) is 0 Å². The van der Waals surface area contributed by atoms with E-state index in [0.29, 0.717) is 11.6 Å². The second-order valence-corrected chi connectivity index (χ2v) is 5.60. The summed E-state index contributed by atoms with van der Waals surface area (Å²) >= 11 is 0. The van der Waals surface area contributed by atoms with Crippen LogP contribution >= 0.6 is 0 Å². The highest BCUT2D eigenvalue weighted by atomic mass is 14.9. The van der Waals surface area contributed by atoms with Crippen molar-refractivity contribution in [2.75, 3.05) is 6.54 Å². The molecule has 3 nitrogen and oxygen atoms in total. The third-order valence-corrected chi connectivity index (χ3v) is 4.41. The van der Waals surface area contributed by atoms with Gasteiger partial charge in [-0.3, -0.25) is 4.98 Å².